The molecule has 0 saturated carbocycles. The first kappa shape index (κ1) is 12.0. The van der Waals surface area contributed by atoms with E-state index in [4.69, 9.17) is 9.84 Å². The highest BCUT2D eigenvalue weighted by Crippen LogP contribution is 2.15. The van der Waals surface area contributed by atoms with Gasteiger partial charge in [0, 0.05) is 7.05 Å². The minimum atomic E-state index is -1.01. The molecule has 0 bridgehead atoms. The number of carbonyl (C=O) groups excluding carboxylic acids is 1. The summed E-state index contributed by atoms with van der Waals surface area (Å²) in [6, 6.07) is 6.80. The summed E-state index contributed by atoms with van der Waals surface area (Å²) in [5.41, 5.74) is 0.459. The van der Waals surface area contributed by atoms with Gasteiger partial charge in [0.05, 0.1) is 12.1 Å². The number of amides is 1. The fourth-order valence-corrected chi connectivity index (χ4v) is 1.10. The maximum atomic E-state index is 10.6. The lowest BCUT2D eigenvalue weighted by molar-refractivity contribution is 0.111. The van der Waals surface area contributed by atoms with Crippen molar-refractivity contribution < 1.29 is 19.4 Å². The quantitative estimate of drug-likeness (QED) is 0.768. The zero-order valence-corrected chi connectivity index (χ0v) is 8.92. The molecule has 1 aromatic rings. The lowest BCUT2D eigenvalue weighted by atomic mass is 10.2. The first-order valence-electron chi connectivity index (χ1n) is 4.76. The molecule has 0 radical (unpaired) electrons. The van der Waals surface area contributed by atoms with Crippen LogP contribution >= 0.6 is 0 Å². The summed E-state index contributed by atoms with van der Waals surface area (Å²) in [6.45, 7) is 0.468. The highest BCUT2D eigenvalue weighted by atomic mass is 16.5. The van der Waals surface area contributed by atoms with Gasteiger partial charge in [0.2, 0.25) is 0 Å². The largest absolute Gasteiger partial charge is 0.491 e. The normalized spacial score (nSPS) is 9.56. The van der Waals surface area contributed by atoms with Crippen molar-refractivity contribution in [3.8, 4) is 5.75 Å². The number of carboxylic acid groups (broad SMARTS) is 1. The summed E-state index contributed by atoms with van der Waals surface area (Å²) in [7, 11) is 1.46. The molecule has 0 heterocycles. The summed E-state index contributed by atoms with van der Waals surface area (Å²) in [5, 5.41) is 8.59. The lowest BCUT2D eigenvalue weighted by Gasteiger charge is -2.14. The molecule has 0 aliphatic rings. The minimum Gasteiger partial charge on any atom is -0.491 e. The van der Waals surface area contributed by atoms with E-state index in [-0.39, 0.29) is 13.2 Å². The van der Waals surface area contributed by atoms with E-state index >= 15 is 0 Å². The molecule has 0 spiro atoms. The Labute approximate surface area is 93.2 Å². The predicted molar refractivity (Wildman–Crippen MR) is 58.0 cm³/mol. The molecular weight excluding hydrogens is 210 g/mol. The molecule has 0 aliphatic carbocycles. The molecule has 86 valence electrons. The SMILES string of the molecule is CN(CCOc1ccccc1C=O)C(=O)O. The second-order valence-corrected chi connectivity index (χ2v) is 3.21. The summed E-state index contributed by atoms with van der Waals surface area (Å²) >= 11 is 0. The molecule has 0 unspecified atom stereocenters. The molecule has 0 aromatic heterocycles. The maximum Gasteiger partial charge on any atom is 0.407 e. The molecule has 1 N–H and O–H groups in total. The molecule has 1 rings (SSSR count). The van der Waals surface area contributed by atoms with E-state index < -0.39 is 6.09 Å². The van der Waals surface area contributed by atoms with Gasteiger partial charge < -0.3 is 14.7 Å². The van der Waals surface area contributed by atoms with E-state index in [1.807, 2.05) is 0 Å². The number of benzene rings is 1. The molecule has 0 saturated heterocycles. The second kappa shape index (κ2) is 5.75. The molecule has 1 aromatic carbocycles. The van der Waals surface area contributed by atoms with E-state index in [0.717, 1.165) is 4.90 Å². The first-order chi connectivity index (χ1) is 7.65. The zero-order valence-electron chi connectivity index (χ0n) is 8.92. The Morgan fingerprint density at radius 3 is 2.81 bits per heavy atom. The highest BCUT2D eigenvalue weighted by molar-refractivity contribution is 5.79. The average molecular weight is 223 g/mol. The number of aldehydes is 1. The van der Waals surface area contributed by atoms with Crippen LogP contribution in [0.15, 0.2) is 24.3 Å². The van der Waals surface area contributed by atoms with Gasteiger partial charge in [-0.3, -0.25) is 4.79 Å². The Morgan fingerprint density at radius 1 is 1.50 bits per heavy atom. The van der Waals surface area contributed by atoms with Crippen molar-refractivity contribution in [2.24, 2.45) is 0 Å². The van der Waals surface area contributed by atoms with Gasteiger partial charge in [-0.2, -0.15) is 0 Å². The van der Waals surface area contributed by atoms with Crippen LogP contribution < -0.4 is 4.74 Å². The molecule has 16 heavy (non-hydrogen) atoms. The van der Waals surface area contributed by atoms with E-state index in [9.17, 15) is 9.59 Å². The van der Waals surface area contributed by atoms with Gasteiger partial charge in [0.1, 0.15) is 12.4 Å². The maximum absolute atomic E-state index is 10.6. The summed E-state index contributed by atoms with van der Waals surface area (Å²) in [6.07, 6.45) is -0.303. The Kier molecular flexibility index (Phi) is 4.32. The number of hydrogen-bond donors (Lipinski definition) is 1. The average Bonchev–Trinajstić information content (AvgIpc) is 2.29. The predicted octanol–water partition coefficient (Wildman–Crippen LogP) is 1.49. The van der Waals surface area contributed by atoms with Gasteiger partial charge in [-0.05, 0) is 12.1 Å². The van der Waals surface area contributed by atoms with Crippen LogP contribution in [0.1, 0.15) is 10.4 Å². The number of ether oxygens (including phenoxy) is 1. The van der Waals surface area contributed by atoms with Crippen molar-refractivity contribution in [3.05, 3.63) is 29.8 Å². The Balaban J connectivity index is 2.48. The first-order valence-corrected chi connectivity index (χ1v) is 4.76. The molecule has 0 atom stereocenters. The Morgan fingerprint density at radius 2 is 2.19 bits per heavy atom. The Hall–Kier alpha value is -2.04. The van der Waals surface area contributed by atoms with Crippen LogP contribution in [0.5, 0.6) is 5.75 Å². The third-order valence-corrected chi connectivity index (χ3v) is 2.06. The van der Waals surface area contributed by atoms with E-state index in [0.29, 0.717) is 17.6 Å². The molecule has 5 heteroatoms. The summed E-state index contributed by atoms with van der Waals surface area (Å²) in [5.74, 6) is 0.469. The van der Waals surface area contributed by atoms with Crippen molar-refractivity contribution >= 4 is 12.4 Å². The lowest BCUT2D eigenvalue weighted by Crippen LogP contribution is -2.29. The zero-order chi connectivity index (χ0) is 12.0. The highest BCUT2D eigenvalue weighted by Gasteiger charge is 2.06. The van der Waals surface area contributed by atoms with Crippen LogP contribution in [0.3, 0.4) is 0 Å². The van der Waals surface area contributed by atoms with Crippen LogP contribution in [-0.2, 0) is 0 Å². The number of nitrogens with zero attached hydrogens (tertiary/aromatic N) is 1. The smallest absolute Gasteiger partial charge is 0.407 e. The van der Waals surface area contributed by atoms with Crippen LogP contribution in [0.2, 0.25) is 0 Å². The number of para-hydroxylation sites is 1. The molecule has 1 amide bonds. The number of carbonyl (C=O) groups is 2. The van der Waals surface area contributed by atoms with Crippen LogP contribution in [0.25, 0.3) is 0 Å². The van der Waals surface area contributed by atoms with Crippen LogP contribution in [-0.4, -0.2) is 42.6 Å². The van der Waals surface area contributed by atoms with Crippen molar-refractivity contribution in [1.29, 1.82) is 0 Å². The second-order valence-electron chi connectivity index (χ2n) is 3.21. The number of likely N-dealkylation sites (N-methyl/N-ethyl adjacent to an activating group) is 1. The van der Waals surface area contributed by atoms with Gasteiger partial charge in [0.25, 0.3) is 0 Å². The number of hydrogen-bond acceptors (Lipinski definition) is 3. The van der Waals surface area contributed by atoms with Gasteiger partial charge in [0.15, 0.2) is 6.29 Å². The fraction of sp³-hybridized carbons (Fsp3) is 0.273. The van der Waals surface area contributed by atoms with E-state index in [1.165, 1.54) is 7.05 Å². The van der Waals surface area contributed by atoms with Crippen molar-refractivity contribution in [3.63, 3.8) is 0 Å². The van der Waals surface area contributed by atoms with E-state index in [2.05, 4.69) is 0 Å². The molecular formula is C11H13NO4. The van der Waals surface area contributed by atoms with E-state index in [1.54, 1.807) is 24.3 Å². The monoisotopic (exact) mass is 223 g/mol. The Bertz CT molecular complexity index is 378. The van der Waals surface area contributed by atoms with Crippen molar-refractivity contribution in [1.82, 2.24) is 4.90 Å². The topological polar surface area (TPSA) is 66.8 Å². The van der Waals surface area contributed by atoms with Gasteiger partial charge in [-0.1, -0.05) is 12.1 Å². The van der Waals surface area contributed by atoms with Gasteiger partial charge in [-0.15, -0.1) is 0 Å². The molecule has 0 fully saturated rings. The van der Waals surface area contributed by atoms with Crippen LogP contribution in [0, 0.1) is 0 Å². The minimum absolute atomic E-state index is 0.216. The third-order valence-electron chi connectivity index (χ3n) is 2.06. The summed E-state index contributed by atoms with van der Waals surface area (Å²) in [4.78, 5) is 22.2. The number of rotatable bonds is 5. The van der Waals surface area contributed by atoms with Crippen molar-refractivity contribution in [2.75, 3.05) is 20.2 Å². The standard InChI is InChI=1S/C11H13NO4/c1-12(11(14)15)6-7-16-10-5-3-2-4-9(10)8-13/h2-5,8H,6-7H2,1H3,(H,14,15). The fourth-order valence-electron chi connectivity index (χ4n) is 1.10. The molecule has 5 nitrogen and oxygen atoms in total. The van der Waals surface area contributed by atoms with Crippen molar-refractivity contribution in [2.45, 2.75) is 0 Å². The van der Waals surface area contributed by atoms with Gasteiger partial charge >= 0.3 is 6.09 Å². The van der Waals surface area contributed by atoms with Crippen LogP contribution in [0.4, 0.5) is 4.79 Å². The summed E-state index contributed by atoms with van der Waals surface area (Å²) < 4.78 is 5.31. The van der Waals surface area contributed by atoms with Gasteiger partial charge in [-0.25, -0.2) is 4.79 Å². The third kappa shape index (κ3) is 3.27. The molecule has 0 aliphatic heterocycles.